The molecule has 2 bridgehead atoms. The molecule has 1 aromatic rings. The van der Waals surface area contributed by atoms with Crippen LogP contribution < -0.4 is 10.6 Å². The minimum Gasteiger partial charge on any atom is -0.396 e. The molecule has 4 nitrogen and oxygen atoms in total. The van der Waals surface area contributed by atoms with Crippen LogP contribution in [0, 0.1) is 23.6 Å². The van der Waals surface area contributed by atoms with Crippen molar-refractivity contribution in [2.45, 2.75) is 25.3 Å². The second-order valence-corrected chi connectivity index (χ2v) is 5.78. The molecule has 20 heavy (non-hydrogen) atoms. The van der Waals surface area contributed by atoms with Gasteiger partial charge in [-0.05, 0) is 43.2 Å². The van der Waals surface area contributed by atoms with E-state index in [-0.39, 0.29) is 24.3 Å². The molecule has 5 heteroatoms. The van der Waals surface area contributed by atoms with Crippen LogP contribution in [0.2, 0.25) is 0 Å². The number of rotatable bonds is 3. The summed E-state index contributed by atoms with van der Waals surface area (Å²) in [6.45, 7) is 0.103. The summed E-state index contributed by atoms with van der Waals surface area (Å²) in [5.74, 6) is 0.654. The highest BCUT2D eigenvalue weighted by Gasteiger charge is 2.47. The van der Waals surface area contributed by atoms with Crippen molar-refractivity contribution >= 4 is 11.7 Å². The molecule has 0 saturated heterocycles. The van der Waals surface area contributed by atoms with Crippen LogP contribution in [0.15, 0.2) is 24.3 Å². The molecular weight excluding hydrogens is 259 g/mol. The molecule has 0 heterocycles. The number of urea groups is 1. The number of hydrogen-bond acceptors (Lipinski definition) is 2. The first-order chi connectivity index (χ1) is 9.69. The van der Waals surface area contributed by atoms with Crippen LogP contribution in [0.1, 0.15) is 19.3 Å². The highest BCUT2D eigenvalue weighted by atomic mass is 19.1. The first-order valence-corrected chi connectivity index (χ1v) is 7.12. The molecule has 0 radical (unpaired) electrons. The number of aliphatic hydroxyl groups excluding tert-OH is 1. The largest absolute Gasteiger partial charge is 0.396 e. The quantitative estimate of drug-likeness (QED) is 0.795. The minimum absolute atomic E-state index is 0.00511. The highest BCUT2D eigenvalue weighted by Crippen LogP contribution is 2.48. The van der Waals surface area contributed by atoms with Crippen molar-refractivity contribution in [1.29, 1.82) is 0 Å². The number of hydrogen-bond donors (Lipinski definition) is 3. The molecule has 108 valence electrons. The van der Waals surface area contributed by atoms with Gasteiger partial charge in [0.2, 0.25) is 0 Å². The second-order valence-electron chi connectivity index (χ2n) is 5.78. The molecular formula is C15H19FN2O2. The van der Waals surface area contributed by atoms with E-state index in [1.165, 1.54) is 12.1 Å². The Morgan fingerprint density at radius 2 is 2.05 bits per heavy atom. The Kier molecular flexibility index (Phi) is 3.61. The summed E-state index contributed by atoms with van der Waals surface area (Å²) in [5, 5.41) is 14.9. The molecule has 0 aromatic heterocycles. The van der Waals surface area contributed by atoms with E-state index in [1.807, 2.05) is 0 Å². The van der Waals surface area contributed by atoms with Crippen LogP contribution >= 0.6 is 0 Å². The molecule has 0 spiro atoms. The predicted molar refractivity (Wildman–Crippen MR) is 73.7 cm³/mol. The minimum atomic E-state index is -0.450. The Labute approximate surface area is 117 Å². The van der Waals surface area contributed by atoms with Crippen molar-refractivity contribution in [1.82, 2.24) is 5.32 Å². The molecule has 2 amide bonds. The van der Waals surface area contributed by atoms with Crippen molar-refractivity contribution < 1.29 is 14.3 Å². The lowest BCUT2D eigenvalue weighted by molar-refractivity contribution is 0.146. The molecule has 3 N–H and O–H groups in total. The molecule has 4 unspecified atom stereocenters. The molecule has 2 aliphatic rings. The van der Waals surface area contributed by atoms with Crippen LogP contribution in [0.5, 0.6) is 0 Å². The topological polar surface area (TPSA) is 61.4 Å². The van der Waals surface area contributed by atoms with Crippen LogP contribution in [-0.2, 0) is 0 Å². The van der Waals surface area contributed by atoms with E-state index in [4.69, 9.17) is 0 Å². The summed E-state index contributed by atoms with van der Waals surface area (Å²) < 4.78 is 13.5. The van der Waals surface area contributed by atoms with Crippen molar-refractivity contribution in [3.05, 3.63) is 30.1 Å². The number of nitrogens with one attached hydrogen (secondary N) is 2. The number of carbonyl (C=O) groups excluding carboxylic acids is 1. The van der Waals surface area contributed by atoms with Crippen molar-refractivity contribution in [3.63, 3.8) is 0 Å². The number of fused-ring (bicyclic) bond motifs is 2. The average molecular weight is 278 g/mol. The Hall–Kier alpha value is -1.62. The summed E-state index contributed by atoms with van der Waals surface area (Å²) in [4.78, 5) is 12.0. The maximum atomic E-state index is 13.5. The van der Waals surface area contributed by atoms with Gasteiger partial charge in [0.1, 0.15) is 5.82 Å². The Morgan fingerprint density at radius 3 is 2.80 bits per heavy atom. The zero-order valence-corrected chi connectivity index (χ0v) is 11.2. The van der Waals surface area contributed by atoms with Gasteiger partial charge in [0, 0.05) is 18.6 Å². The van der Waals surface area contributed by atoms with Gasteiger partial charge < -0.3 is 15.7 Å². The lowest BCUT2D eigenvalue weighted by atomic mass is 9.85. The molecule has 4 atom stereocenters. The van der Waals surface area contributed by atoms with E-state index in [0.717, 1.165) is 19.3 Å². The standard InChI is InChI=1S/C15H19FN2O2/c16-12-3-1-2-4-13(12)17-15(20)18-14-10-6-5-9(7-10)11(14)8-19/h1-4,9-11,14,19H,5-8H2,(H2,17,18,20). The average Bonchev–Trinajstić information content (AvgIpc) is 3.02. The van der Waals surface area contributed by atoms with Gasteiger partial charge in [0.15, 0.2) is 0 Å². The first-order valence-electron chi connectivity index (χ1n) is 7.12. The van der Waals surface area contributed by atoms with E-state index in [9.17, 15) is 14.3 Å². The van der Waals surface area contributed by atoms with E-state index in [1.54, 1.807) is 12.1 Å². The summed E-state index contributed by atoms with van der Waals surface area (Å²) >= 11 is 0. The molecule has 1 aromatic carbocycles. The SMILES string of the molecule is O=C(Nc1ccccc1F)NC1C2CCC(C2)C1CO. The normalized spacial score (nSPS) is 31.3. The lowest BCUT2D eigenvalue weighted by Crippen LogP contribution is -2.46. The van der Waals surface area contributed by atoms with Gasteiger partial charge in [-0.2, -0.15) is 0 Å². The third kappa shape index (κ3) is 2.38. The fourth-order valence-electron chi connectivity index (χ4n) is 3.77. The summed E-state index contributed by atoms with van der Waals surface area (Å²) in [6.07, 6.45) is 3.32. The van der Waals surface area contributed by atoms with Crippen LogP contribution in [-0.4, -0.2) is 23.8 Å². The van der Waals surface area contributed by atoms with Crippen LogP contribution in [0.3, 0.4) is 0 Å². The van der Waals surface area contributed by atoms with E-state index >= 15 is 0 Å². The van der Waals surface area contributed by atoms with E-state index < -0.39 is 11.8 Å². The number of anilines is 1. The number of carbonyl (C=O) groups is 1. The van der Waals surface area contributed by atoms with E-state index in [2.05, 4.69) is 10.6 Å². The van der Waals surface area contributed by atoms with Gasteiger partial charge in [-0.25, -0.2) is 9.18 Å². The molecule has 3 rings (SSSR count). The van der Waals surface area contributed by atoms with Gasteiger partial charge in [0.25, 0.3) is 0 Å². The molecule has 2 aliphatic carbocycles. The third-order valence-corrected chi connectivity index (χ3v) is 4.72. The Bertz CT molecular complexity index is 508. The summed E-state index contributed by atoms with van der Waals surface area (Å²) in [6, 6.07) is 5.70. The third-order valence-electron chi connectivity index (χ3n) is 4.72. The summed E-state index contributed by atoms with van der Waals surface area (Å²) in [7, 11) is 0. The monoisotopic (exact) mass is 278 g/mol. The van der Waals surface area contributed by atoms with Gasteiger partial charge in [-0.3, -0.25) is 0 Å². The van der Waals surface area contributed by atoms with Gasteiger partial charge >= 0.3 is 6.03 Å². The fraction of sp³-hybridized carbons (Fsp3) is 0.533. The van der Waals surface area contributed by atoms with Crippen LogP contribution in [0.25, 0.3) is 0 Å². The number of amides is 2. The van der Waals surface area contributed by atoms with Gasteiger partial charge in [-0.1, -0.05) is 12.1 Å². The summed E-state index contributed by atoms with van der Waals surface area (Å²) in [5.41, 5.74) is 0.175. The van der Waals surface area contributed by atoms with Crippen molar-refractivity contribution in [3.8, 4) is 0 Å². The predicted octanol–water partition coefficient (Wildman–Crippen LogP) is 2.35. The Morgan fingerprint density at radius 1 is 1.30 bits per heavy atom. The maximum absolute atomic E-state index is 13.5. The zero-order valence-electron chi connectivity index (χ0n) is 11.2. The number of halogens is 1. The lowest BCUT2D eigenvalue weighted by Gasteiger charge is -2.30. The van der Waals surface area contributed by atoms with E-state index in [0.29, 0.717) is 11.8 Å². The van der Waals surface area contributed by atoms with Crippen molar-refractivity contribution in [2.24, 2.45) is 17.8 Å². The van der Waals surface area contributed by atoms with Gasteiger partial charge in [-0.15, -0.1) is 0 Å². The fourth-order valence-corrected chi connectivity index (χ4v) is 3.77. The number of benzene rings is 1. The smallest absolute Gasteiger partial charge is 0.319 e. The second kappa shape index (κ2) is 5.40. The van der Waals surface area contributed by atoms with Gasteiger partial charge in [0.05, 0.1) is 5.69 Å². The number of aliphatic hydroxyl groups is 1. The molecule has 2 saturated carbocycles. The highest BCUT2D eigenvalue weighted by molar-refractivity contribution is 5.89. The number of para-hydroxylation sites is 1. The van der Waals surface area contributed by atoms with Crippen molar-refractivity contribution in [2.75, 3.05) is 11.9 Å². The zero-order chi connectivity index (χ0) is 14.1. The Balaban J connectivity index is 1.63. The maximum Gasteiger partial charge on any atom is 0.319 e. The van der Waals surface area contributed by atoms with Crippen LogP contribution in [0.4, 0.5) is 14.9 Å². The molecule has 0 aliphatic heterocycles. The first kappa shape index (κ1) is 13.4. The molecule has 2 fully saturated rings.